The topological polar surface area (TPSA) is 95.9 Å². The van der Waals surface area contributed by atoms with Crippen molar-refractivity contribution in [1.82, 2.24) is 0 Å². The second-order valence-corrected chi connectivity index (χ2v) is 4.63. The van der Waals surface area contributed by atoms with E-state index >= 15 is 0 Å². The van der Waals surface area contributed by atoms with Crippen molar-refractivity contribution in [2.24, 2.45) is 10.7 Å². The number of rotatable bonds is 7. The van der Waals surface area contributed by atoms with Gasteiger partial charge in [-0.15, -0.1) is 0 Å². The fraction of sp³-hybridized carbons (Fsp3) is 0.333. The number of Topliss-reactive ketones (excluding diaryl/α,β-unsaturated/α-hetero) is 1. The third-order valence-electron chi connectivity index (χ3n) is 2.85. The van der Waals surface area contributed by atoms with Crippen LogP contribution in [0.2, 0.25) is 0 Å². The summed E-state index contributed by atoms with van der Waals surface area (Å²) >= 11 is 0. The second kappa shape index (κ2) is 8.28. The van der Waals surface area contributed by atoms with Crippen molar-refractivity contribution in [2.45, 2.75) is 32.1 Å². The Labute approximate surface area is 122 Å². The summed E-state index contributed by atoms with van der Waals surface area (Å²) in [5.74, 6) is -0.740. The van der Waals surface area contributed by atoms with E-state index in [0.717, 1.165) is 0 Å². The number of aliphatic hydroxyl groups excluding tert-OH is 1. The van der Waals surface area contributed by atoms with E-state index in [1.807, 2.05) is 0 Å². The molecule has 0 fully saturated rings. The molecule has 21 heavy (non-hydrogen) atoms. The second-order valence-electron chi connectivity index (χ2n) is 4.63. The summed E-state index contributed by atoms with van der Waals surface area (Å²) in [6.45, 7) is 1.73. The largest absolute Gasteiger partial charge is 0.404 e. The maximum Gasteiger partial charge on any atom is 0.187 e. The molecule has 0 aliphatic carbocycles. The van der Waals surface area contributed by atoms with Crippen LogP contribution in [0.3, 0.4) is 0 Å². The fourth-order valence-electron chi connectivity index (χ4n) is 1.64. The predicted octanol–water partition coefficient (Wildman–Crippen LogP) is 1.40. The summed E-state index contributed by atoms with van der Waals surface area (Å²) in [7, 11) is 0. The molecule has 0 spiro atoms. The van der Waals surface area contributed by atoms with E-state index in [2.05, 4.69) is 4.99 Å². The molecule has 0 saturated carbocycles. The quantitative estimate of drug-likeness (QED) is 0.402. The Morgan fingerprint density at radius 1 is 1.33 bits per heavy atom. The maximum atomic E-state index is 12.9. The van der Waals surface area contributed by atoms with Gasteiger partial charge in [0.15, 0.2) is 12.1 Å². The average Bonchev–Trinajstić information content (AvgIpc) is 2.46. The van der Waals surface area contributed by atoms with E-state index in [1.165, 1.54) is 36.7 Å². The Balaban J connectivity index is 2.90. The zero-order chi connectivity index (χ0) is 15.8. The number of halogens is 1. The van der Waals surface area contributed by atoms with E-state index in [9.17, 15) is 9.18 Å². The molecule has 1 aromatic carbocycles. The molecule has 1 unspecified atom stereocenters. The van der Waals surface area contributed by atoms with Crippen LogP contribution in [0.5, 0.6) is 0 Å². The van der Waals surface area contributed by atoms with Crippen molar-refractivity contribution in [3.8, 4) is 0 Å². The molecular formula is C15H19FN2O3. The van der Waals surface area contributed by atoms with Gasteiger partial charge in [0.2, 0.25) is 0 Å². The summed E-state index contributed by atoms with van der Waals surface area (Å²) in [6.07, 6.45) is 1.48. The van der Waals surface area contributed by atoms with Gasteiger partial charge < -0.3 is 15.9 Å². The normalized spacial score (nSPS) is 13.9. The van der Waals surface area contributed by atoms with Crippen LogP contribution in [-0.4, -0.2) is 34.5 Å². The highest BCUT2D eigenvalue weighted by molar-refractivity contribution is 6.01. The molecule has 0 radical (unpaired) electrons. The summed E-state index contributed by atoms with van der Waals surface area (Å²) in [6, 6.07) is 4.37. The van der Waals surface area contributed by atoms with Gasteiger partial charge >= 0.3 is 0 Å². The molecule has 1 rings (SSSR count). The Bertz CT molecular complexity index is 524. The number of hydrogen-bond donors (Lipinski definition) is 3. The first kappa shape index (κ1) is 17.0. The van der Waals surface area contributed by atoms with E-state index in [0.29, 0.717) is 11.1 Å². The van der Waals surface area contributed by atoms with Crippen molar-refractivity contribution in [2.75, 3.05) is 0 Å². The van der Waals surface area contributed by atoms with Crippen LogP contribution in [0.1, 0.15) is 30.1 Å². The minimum absolute atomic E-state index is 0.0142. The van der Waals surface area contributed by atoms with Crippen LogP contribution in [0, 0.1) is 5.82 Å². The van der Waals surface area contributed by atoms with Crippen molar-refractivity contribution >= 4 is 12.0 Å². The minimum Gasteiger partial charge on any atom is -0.404 e. The van der Waals surface area contributed by atoms with Crippen molar-refractivity contribution in [1.29, 1.82) is 0 Å². The van der Waals surface area contributed by atoms with Crippen molar-refractivity contribution < 1.29 is 19.4 Å². The average molecular weight is 294 g/mol. The van der Waals surface area contributed by atoms with Crippen LogP contribution in [0.25, 0.3) is 0 Å². The minimum atomic E-state index is -1.50. The van der Waals surface area contributed by atoms with Gasteiger partial charge in [-0.2, -0.15) is 0 Å². The molecule has 5 nitrogen and oxygen atoms in total. The van der Waals surface area contributed by atoms with Crippen molar-refractivity contribution in [3.05, 3.63) is 47.4 Å². The first-order chi connectivity index (χ1) is 9.93. The number of benzene rings is 1. The van der Waals surface area contributed by atoms with Gasteiger partial charge in [0.25, 0.3) is 0 Å². The summed E-state index contributed by atoms with van der Waals surface area (Å²) in [5, 5.41) is 17.8. The van der Waals surface area contributed by atoms with Gasteiger partial charge in [0.1, 0.15) is 11.9 Å². The molecule has 0 aliphatic heterocycles. The molecule has 0 aromatic heterocycles. The van der Waals surface area contributed by atoms with Gasteiger partial charge in [0, 0.05) is 18.2 Å². The smallest absolute Gasteiger partial charge is 0.187 e. The number of nitrogens with two attached hydrogens (primary N) is 1. The van der Waals surface area contributed by atoms with E-state index < -0.39 is 18.1 Å². The van der Waals surface area contributed by atoms with E-state index in [-0.39, 0.29) is 18.6 Å². The third kappa shape index (κ3) is 5.85. The van der Waals surface area contributed by atoms with Gasteiger partial charge in [-0.25, -0.2) is 4.39 Å². The molecule has 1 aromatic rings. The molecule has 1 atom stereocenters. The van der Waals surface area contributed by atoms with Crippen LogP contribution in [0.4, 0.5) is 4.39 Å². The van der Waals surface area contributed by atoms with Gasteiger partial charge in [-0.3, -0.25) is 9.79 Å². The monoisotopic (exact) mass is 294 g/mol. The lowest BCUT2D eigenvalue weighted by atomic mass is 10.0. The molecule has 0 amide bonds. The van der Waals surface area contributed by atoms with E-state index in [4.69, 9.17) is 15.9 Å². The standard InChI is InChI=1S/C15H19FN2O3/c1-10(8-17)9-18-13(6-7-14(19)20)15(21)11-2-4-12(16)5-3-11/h2-5,8-9,13-14,19-20H,6-7,17H2,1H3. The lowest BCUT2D eigenvalue weighted by Crippen LogP contribution is -2.21. The Morgan fingerprint density at radius 2 is 1.95 bits per heavy atom. The molecule has 114 valence electrons. The molecule has 0 bridgehead atoms. The SMILES string of the molecule is CC(C=NC(CCC(O)O)C(=O)c1ccc(F)cc1)=CN. The first-order valence-corrected chi connectivity index (χ1v) is 6.51. The highest BCUT2D eigenvalue weighted by Crippen LogP contribution is 2.13. The molecule has 0 aliphatic rings. The lowest BCUT2D eigenvalue weighted by Gasteiger charge is -2.12. The Hall–Kier alpha value is -2.05. The zero-order valence-corrected chi connectivity index (χ0v) is 11.7. The number of aliphatic hydroxyl groups is 2. The first-order valence-electron chi connectivity index (χ1n) is 6.51. The van der Waals surface area contributed by atoms with Crippen LogP contribution in [0.15, 0.2) is 41.0 Å². The molecule has 4 N–H and O–H groups in total. The highest BCUT2D eigenvalue weighted by atomic mass is 19.1. The van der Waals surface area contributed by atoms with Crippen LogP contribution >= 0.6 is 0 Å². The van der Waals surface area contributed by atoms with E-state index in [1.54, 1.807) is 6.92 Å². The highest BCUT2D eigenvalue weighted by Gasteiger charge is 2.19. The van der Waals surface area contributed by atoms with Gasteiger partial charge in [-0.05, 0) is 49.4 Å². The predicted molar refractivity (Wildman–Crippen MR) is 78.4 cm³/mol. The summed E-state index contributed by atoms with van der Waals surface area (Å²) in [4.78, 5) is 16.4. The number of allylic oxidation sites excluding steroid dienone is 1. The maximum absolute atomic E-state index is 12.9. The fourth-order valence-corrected chi connectivity index (χ4v) is 1.64. The molecule has 0 heterocycles. The molecular weight excluding hydrogens is 275 g/mol. The number of nitrogens with zero attached hydrogens (tertiary/aromatic N) is 1. The van der Waals surface area contributed by atoms with Crippen LogP contribution < -0.4 is 5.73 Å². The number of ketones is 1. The van der Waals surface area contributed by atoms with Gasteiger partial charge in [0.05, 0.1) is 0 Å². The summed E-state index contributed by atoms with van der Waals surface area (Å²) < 4.78 is 12.9. The number of aliphatic imine (C=N–C) groups is 1. The van der Waals surface area contributed by atoms with Crippen molar-refractivity contribution in [3.63, 3.8) is 0 Å². The number of carbonyl (C=O) groups is 1. The third-order valence-corrected chi connectivity index (χ3v) is 2.85. The Kier molecular flexibility index (Phi) is 6.71. The molecule has 6 heteroatoms. The zero-order valence-electron chi connectivity index (χ0n) is 11.7. The van der Waals surface area contributed by atoms with Crippen LogP contribution in [-0.2, 0) is 0 Å². The van der Waals surface area contributed by atoms with Gasteiger partial charge in [-0.1, -0.05) is 0 Å². The summed E-state index contributed by atoms with van der Waals surface area (Å²) in [5.41, 5.74) is 6.32. The Morgan fingerprint density at radius 3 is 2.48 bits per heavy atom. The lowest BCUT2D eigenvalue weighted by molar-refractivity contribution is -0.0467. The molecule has 0 saturated heterocycles. The number of hydrogen-bond acceptors (Lipinski definition) is 5. The number of carbonyl (C=O) groups excluding carboxylic acids is 1.